The number of aliphatic hydroxyl groups excluding tert-OH is 1. The number of hydrogen-bond donors (Lipinski definition) is 2. The Bertz CT molecular complexity index is 354. The zero-order valence-corrected chi connectivity index (χ0v) is 10.1. The number of rotatable bonds is 4. The van der Waals surface area contributed by atoms with E-state index in [9.17, 15) is 9.90 Å². The number of primary amides is 1. The van der Waals surface area contributed by atoms with Gasteiger partial charge >= 0.3 is 0 Å². The number of hydrogen-bond acceptors (Lipinski definition) is 2. The first kappa shape index (κ1) is 12.2. The molecular formula is C11H14BrNO2. The second-order valence-corrected chi connectivity index (χ2v) is 4.53. The smallest absolute Gasteiger partial charge is 0.246 e. The Morgan fingerprint density at radius 3 is 2.80 bits per heavy atom. The summed E-state index contributed by atoms with van der Waals surface area (Å²) in [4.78, 5) is 10.7. The van der Waals surface area contributed by atoms with Crippen LogP contribution < -0.4 is 5.73 Å². The maximum atomic E-state index is 10.7. The maximum Gasteiger partial charge on any atom is 0.246 e. The fourth-order valence-corrected chi connectivity index (χ4v) is 1.82. The van der Waals surface area contributed by atoms with Gasteiger partial charge in [-0.15, -0.1) is 0 Å². The summed E-state index contributed by atoms with van der Waals surface area (Å²) in [5, 5.41) is 9.34. The fraction of sp³-hybridized carbons (Fsp3) is 0.364. The van der Waals surface area contributed by atoms with Crippen LogP contribution in [0.4, 0.5) is 0 Å². The molecule has 15 heavy (non-hydrogen) atoms. The van der Waals surface area contributed by atoms with Gasteiger partial charge in [0.2, 0.25) is 5.91 Å². The van der Waals surface area contributed by atoms with Gasteiger partial charge in [-0.05, 0) is 30.0 Å². The first-order chi connectivity index (χ1) is 7.00. The Morgan fingerprint density at radius 1 is 1.60 bits per heavy atom. The summed E-state index contributed by atoms with van der Waals surface area (Å²) in [6.45, 7) is 1.95. The molecule has 1 amide bonds. The third-order valence-corrected chi connectivity index (χ3v) is 2.82. The highest BCUT2D eigenvalue weighted by Gasteiger charge is 2.16. The van der Waals surface area contributed by atoms with Crippen molar-refractivity contribution in [1.29, 1.82) is 0 Å². The molecule has 1 aromatic carbocycles. The van der Waals surface area contributed by atoms with Crippen molar-refractivity contribution < 1.29 is 9.90 Å². The summed E-state index contributed by atoms with van der Waals surface area (Å²) >= 11 is 3.37. The monoisotopic (exact) mass is 271 g/mol. The van der Waals surface area contributed by atoms with Crippen LogP contribution in [0.1, 0.15) is 24.8 Å². The number of carbonyl (C=O) groups excluding carboxylic acids is 1. The predicted molar refractivity (Wildman–Crippen MR) is 62.4 cm³/mol. The molecule has 0 saturated carbocycles. The van der Waals surface area contributed by atoms with Crippen LogP contribution in [0.25, 0.3) is 0 Å². The maximum absolute atomic E-state index is 10.7. The van der Waals surface area contributed by atoms with E-state index in [4.69, 9.17) is 5.73 Å². The molecule has 3 nitrogen and oxygen atoms in total. The molecule has 0 aliphatic heterocycles. The molecule has 0 aliphatic rings. The topological polar surface area (TPSA) is 63.3 Å². The lowest BCUT2D eigenvalue weighted by atomic mass is 9.95. The quantitative estimate of drug-likeness (QED) is 0.877. The summed E-state index contributed by atoms with van der Waals surface area (Å²) in [5.41, 5.74) is 6.07. The molecule has 1 rings (SSSR count). The lowest BCUT2D eigenvalue weighted by Crippen LogP contribution is -2.29. The van der Waals surface area contributed by atoms with Gasteiger partial charge < -0.3 is 10.8 Å². The number of carbonyl (C=O) groups is 1. The molecule has 2 atom stereocenters. The van der Waals surface area contributed by atoms with E-state index in [0.29, 0.717) is 6.42 Å². The Balaban J connectivity index is 2.68. The average molecular weight is 272 g/mol. The van der Waals surface area contributed by atoms with E-state index in [0.717, 1.165) is 10.0 Å². The number of aliphatic hydroxyl groups is 1. The van der Waals surface area contributed by atoms with Crippen LogP contribution in [0.5, 0.6) is 0 Å². The molecule has 0 radical (unpaired) electrons. The van der Waals surface area contributed by atoms with E-state index in [1.54, 1.807) is 0 Å². The zero-order valence-electron chi connectivity index (χ0n) is 8.48. The van der Waals surface area contributed by atoms with Crippen LogP contribution in [0.15, 0.2) is 28.7 Å². The van der Waals surface area contributed by atoms with Crippen LogP contribution in [-0.4, -0.2) is 17.1 Å². The molecule has 0 aromatic heterocycles. The van der Waals surface area contributed by atoms with Gasteiger partial charge in [-0.25, -0.2) is 0 Å². The third kappa shape index (κ3) is 3.64. The minimum atomic E-state index is -1.07. The van der Waals surface area contributed by atoms with Crippen LogP contribution in [0.3, 0.4) is 0 Å². The average Bonchev–Trinajstić information content (AvgIpc) is 2.17. The van der Waals surface area contributed by atoms with Gasteiger partial charge in [0.1, 0.15) is 6.10 Å². The van der Waals surface area contributed by atoms with E-state index in [-0.39, 0.29) is 5.92 Å². The molecule has 4 heteroatoms. The molecule has 0 heterocycles. The van der Waals surface area contributed by atoms with Crippen LogP contribution in [0.2, 0.25) is 0 Å². The van der Waals surface area contributed by atoms with Crippen LogP contribution in [0, 0.1) is 0 Å². The van der Waals surface area contributed by atoms with Crippen molar-refractivity contribution >= 4 is 21.8 Å². The first-order valence-electron chi connectivity index (χ1n) is 4.73. The van der Waals surface area contributed by atoms with Crippen LogP contribution in [-0.2, 0) is 4.79 Å². The summed E-state index contributed by atoms with van der Waals surface area (Å²) in [6, 6.07) is 7.79. The van der Waals surface area contributed by atoms with Crippen molar-refractivity contribution in [3.8, 4) is 0 Å². The van der Waals surface area contributed by atoms with E-state index in [1.165, 1.54) is 0 Å². The lowest BCUT2D eigenvalue weighted by molar-refractivity contribution is -0.126. The number of halogens is 1. The second kappa shape index (κ2) is 5.28. The number of amides is 1. The molecule has 0 aliphatic carbocycles. The highest BCUT2D eigenvalue weighted by atomic mass is 79.9. The van der Waals surface area contributed by atoms with Gasteiger partial charge in [0.05, 0.1) is 0 Å². The molecular weight excluding hydrogens is 258 g/mol. The van der Waals surface area contributed by atoms with Crippen LogP contribution >= 0.6 is 15.9 Å². The van der Waals surface area contributed by atoms with Gasteiger partial charge in [0.15, 0.2) is 0 Å². The van der Waals surface area contributed by atoms with Crippen molar-refractivity contribution in [2.75, 3.05) is 0 Å². The molecule has 82 valence electrons. The highest BCUT2D eigenvalue weighted by molar-refractivity contribution is 9.10. The Labute approximate surface area is 97.4 Å². The first-order valence-corrected chi connectivity index (χ1v) is 5.53. The molecule has 0 spiro atoms. The minimum Gasteiger partial charge on any atom is -0.383 e. The Hall–Kier alpha value is -0.870. The van der Waals surface area contributed by atoms with E-state index < -0.39 is 12.0 Å². The number of nitrogens with two attached hydrogens (primary N) is 1. The molecule has 0 bridgehead atoms. The molecule has 1 unspecified atom stereocenters. The lowest BCUT2D eigenvalue weighted by Gasteiger charge is -2.14. The second-order valence-electron chi connectivity index (χ2n) is 3.61. The molecule has 0 saturated heterocycles. The SMILES string of the molecule is CC(C[C@H](O)C(N)=O)c1cccc(Br)c1. The van der Waals surface area contributed by atoms with Crippen molar-refractivity contribution in [1.82, 2.24) is 0 Å². The summed E-state index contributed by atoms with van der Waals surface area (Å²) in [7, 11) is 0. The Morgan fingerprint density at radius 2 is 2.27 bits per heavy atom. The van der Waals surface area contributed by atoms with Gasteiger partial charge in [0.25, 0.3) is 0 Å². The van der Waals surface area contributed by atoms with Gasteiger partial charge in [-0.1, -0.05) is 35.0 Å². The third-order valence-electron chi connectivity index (χ3n) is 2.32. The highest BCUT2D eigenvalue weighted by Crippen LogP contribution is 2.23. The summed E-state index contributed by atoms with van der Waals surface area (Å²) in [5.74, 6) is -0.568. The predicted octanol–water partition coefficient (Wildman–Crippen LogP) is 1.79. The van der Waals surface area contributed by atoms with E-state index in [2.05, 4.69) is 15.9 Å². The van der Waals surface area contributed by atoms with Crippen molar-refractivity contribution in [2.24, 2.45) is 5.73 Å². The Kier molecular flexibility index (Phi) is 4.29. The molecule has 0 fully saturated rings. The normalized spacial score (nSPS) is 14.6. The van der Waals surface area contributed by atoms with Crippen molar-refractivity contribution in [3.63, 3.8) is 0 Å². The van der Waals surface area contributed by atoms with Gasteiger partial charge in [-0.2, -0.15) is 0 Å². The van der Waals surface area contributed by atoms with Crippen molar-refractivity contribution in [3.05, 3.63) is 34.3 Å². The largest absolute Gasteiger partial charge is 0.383 e. The van der Waals surface area contributed by atoms with E-state index >= 15 is 0 Å². The minimum absolute atomic E-state index is 0.102. The van der Waals surface area contributed by atoms with Gasteiger partial charge in [0, 0.05) is 4.47 Å². The van der Waals surface area contributed by atoms with Gasteiger partial charge in [-0.3, -0.25) is 4.79 Å². The number of benzene rings is 1. The zero-order chi connectivity index (χ0) is 11.4. The summed E-state index contributed by atoms with van der Waals surface area (Å²) < 4.78 is 0.986. The fourth-order valence-electron chi connectivity index (χ4n) is 1.40. The van der Waals surface area contributed by atoms with E-state index in [1.807, 2.05) is 31.2 Å². The molecule has 3 N–H and O–H groups in total. The van der Waals surface area contributed by atoms with Crippen molar-refractivity contribution in [2.45, 2.75) is 25.4 Å². The molecule has 1 aromatic rings. The standard InChI is InChI=1S/C11H14BrNO2/c1-7(5-10(14)11(13)15)8-3-2-4-9(12)6-8/h2-4,6-7,10,14H,5H2,1H3,(H2,13,15)/t7?,10-/m0/s1. The summed E-state index contributed by atoms with van der Waals surface area (Å²) in [6.07, 6.45) is -0.717.